The number of hydrogen-bond donors (Lipinski definition) is 0. The van der Waals surface area contributed by atoms with Gasteiger partial charge in [0.1, 0.15) is 0 Å². The summed E-state index contributed by atoms with van der Waals surface area (Å²) < 4.78 is 27.3. The molecular formula is C13H13BrN2O2S. The Morgan fingerprint density at radius 2 is 1.68 bits per heavy atom. The third-order valence-electron chi connectivity index (χ3n) is 2.64. The molecule has 0 fully saturated rings. The van der Waals surface area contributed by atoms with Crippen molar-refractivity contribution in [3.8, 4) is 0 Å². The molecule has 0 unspecified atom stereocenters. The summed E-state index contributed by atoms with van der Waals surface area (Å²) in [7, 11) is -3.54. The third kappa shape index (κ3) is 2.96. The molecule has 100 valence electrons. The maximum atomic E-state index is 12.6. The van der Waals surface area contributed by atoms with Gasteiger partial charge in [0.15, 0.2) is 0 Å². The second-order valence-electron chi connectivity index (χ2n) is 3.83. The number of sulfonamides is 1. The number of pyridine rings is 1. The molecule has 0 N–H and O–H groups in total. The van der Waals surface area contributed by atoms with Crippen LogP contribution in [0.1, 0.15) is 6.92 Å². The molecule has 1 aromatic carbocycles. The van der Waals surface area contributed by atoms with E-state index in [-0.39, 0.29) is 4.90 Å². The first kappa shape index (κ1) is 14.0. The van der Waals surface area contributed by atoms with Gasteiger partial charge in [-0.2, -0.15) is 0 Å². The third-order valence-corrected chi connectivity index (χ3v) is 5.09. The minimum atomic E-state index is -3.54. The van der Waals surface area contributed by atoms with Crippen LogP contribution in [0.15, 0.2) is 58.2 Å². The van der Waals surface area contributed by atoms with E-state index >= 15 is 0 Å². The first-order valence-corrected chi connectivity index (χ1v) is 7.97. The Morgan fingerprint density at radius 1 is 1.11 bits per heavy atom. The van der Waals surface area contributed by atoms with Gasteiger partial charge in [0, 0.05) is 23.4 Å². The van der Waals surface area contributed by atoms with Gasteiger partial charge in [-0.05, 0) is 43.3 Å². The van der Waals surface area contributed by atoms with Gasteiger partial charge in [-0.15, -0.1) is 0 Å². The van der Waals surface area contributed by atoms with Crippen molar-refractivity contribution in [2.24, 2.45) is 0 Å². The summed E-state index contributed by atoms with van der Waals surface area (Å²) >= 11 is 3.29. The monoisotopic (exact) mass is 340 g/mol. The highest BCUT2D eigenvalue weighted by Gasteiger charge is 2.23. The van der Waals surface area contributed by atoms with E-state index in [4.69, 9.17) is 0 Å². The molecular weight excluding hydrogens is 328 g/mol. The van der Waals surface area contributed by atoms with Gasteiger partial charge in [-0.25, -0.2) is 8.42 Å². The number of anilines is 1. The SMILES string of the molecule is CCN(c1ccncc1)S(=O)(=O)c1ccc(Br)cc1. The highest BCUT2D eigenvalue weighted by Crippen LogP contribution is 2.23. The summed E-state index contributed by atoms with van der Waals surface area (Å²) in [5.41, 5.74) is 0.611. The Labute approximate surface area is 121 Å². The van der Waals surface area contributed by atoms with Crippen LogP contribution in [0.3, 0.4) is 0 Å². The summed E-state index contributed by atoms with van der Waals surface area (Å²) in [5.74, 6) is 0. The summed E-state index contributed by atoms with van der Waals surface area (Å²) in [5, 5.41) is 0. The summed E-state index contributed by atoms with van der Waals surface area (Å²) in [6.45, 7) is 2.17. The van der Waals surface area contributed by atoms with E-state index in [0.29, 0.717) is 12.2 Å². The van der Waals surface area contributed by atoms with Crippen molar-refractivity contribution in [2.45, 2.75) is 11.8 Å². The van der Waals surface area contributed by atoms with Crippen molar-refractivity contribution in [3.63, 3.8) is 0 Å². The van der Waals surface area contributed by atoms with Crippen LogP contribution in [0.5, 0.6) is 0 Å². The number of aromatic nitrogens is 1. The average molecular weight is 341 g/mol. The van der Waals surface area contributed by atoms with Gasteiger partial charge in [-0.3, -0.25) is 9.29 Å². The lowest BCUT2D eigenvalue weighted by molar-refractivity contribution is 0.592. The van der Waals surface area contributed by atoms with E-state index in [1.165, 1.54) is 4.31 Å². The molecule has 1 aromatic heterocycles. The molecule has 0 saturated heterocycles. The molecule has 19 heavy (non-hydrogen) atoms. The Morgan fingerprint density at radius 3 is 2.21 bits per heavy atom. The van der Waals surface area contributed by atoms with Gasteiger partial charge in [0.05, 0.1) is 10.6 Å². The molecule has 0 saturated carbocycles. The first-order valence-electron chi connectivity index (χ1n) is 5.74. The van der Waals surface area contributed by atoms with Crippen molar-refractivity contribution in [1.82, 2.24) is 4.98 Å². The summed E-state index contributed by atoms with van der Waals surface area (Å²) in [6.07, 6.45) is 3.16. The summed E-state index contributed by atoms with van der Waals surface area (Å²) in [6, 6.07) is 9.97. The van der Waals surface area contributed by atoms with Crippen molar-refractivity contribution in [2.75, 3.05) is 10.8 Å². The second kappa shape index (κ2) is 5.71. The minimum Gasteiger partial charge on any atom is -0.267 e. The van der Waals surface area contributed by atoms with Crippen molar-refractivity contribution < 1.29 is 8.42 Å². The van der Waals surface area contributed by atoms with Crippen LogP contribution in [0.4, 0.5) is 5.69 Å². The fraction of sp³-hybridized carbons (Fsp3) is 0.154. The molecule has 0 radical (unpaired) electrons. The van der Waals surface area contributed by atoms with Crippen LogP contribution in [0.2, 0.25) is 0 Å². The molecule has 4 nitrogen and oxygen atoms in total. The van der Waals surface area contributed by atoms with Crippen molar-refractivity contribution in [1.29, 1.82) is 0 Å². The lowest BCUT2D eigenvalue weighted by Crippen LogP contribution is -2.30. The molecule has 2 aromatic rings. The normalized spacial score (nSPS) is 11.3. The molecule has 0 aliphatic rings. The maximum absolute atomic E-state index is 12.6. The first-order chi connectivity index (χ1) is 9.05. The van der Waals surface area contributed by atoms with Gasteiger partial charge < -0.3 is 0 Å². The number of rotatable bonds is 4. The average Bonchev–Trinajstić information content (AvgIpc) is 2.41. The molecule has 2 rings (SSSR count). The predicted molar refractivity (Wildman–Crippen MR) is 78.6 cm³/mol. The van der Waals surface area contributed by atoms with Crippen LogP contribution in [0.25, 0.3) is 0 Å². The topological polar surface area (TPSA) is 50.3 Å². The lowest BCUT2D eigenvalue weighted by atomic mass is 10.4. The van der Waals surface area contributed by atoms with E-state index in [9.17, 15) is 8.42 Å². The lowest BCUT2D eigenvalue weighted by Gasteiger charge is -2.22. The van der Waals surface area contributed by atoms with Crippen LogP contribution >= 0.6 is 15.9 Å². The molecule has 0 aliphatic heterocycles. The van der Waals surface area contributed by atoms with E-state index in [0.717, 1.165) is 4.47 Å². The zero-order chi connectivity index (χ0) is 13.9. The number of nitrogens with zero attached hydrogens (tertiary/aromatic N) is 2. The molecule has 1 heterocycles. The fourth-order valence-corrected chi connectivity index (χ4v) is 3.47. The van der Waals surface area contributed by atoms with Gasteiger partial charge in [-0.1, -0.05) is 15.9 Å². The molecule has 6 heteroatoms. The van der Waals surface area contributed by atoms with Crippen molar-refractivity contribution in [3.05, 3.63) is 53.3 Å². The number of benzene rings is 1. The Balaban J connectivity index is 2.45. The van der Waals surface area contributed by atoms with E-state index < -0.39 is 10.0 Å². The molecule has 0 spiro atoms. The highest BCUT2D eigenvalue weighted by atomic mass is 79.9. The van der Waals surface area contributed by atoms with Gasteiger partial charge >= 0.3 is 0 Å². The molecule has 0 amide bonds. The Kier molecular flexibility index (Phi) is 4.21. The van der Waals surface area contributed by atoms with E-state index in [1.54, 1.807) is 55.7 Å². The fourth-order valence-electron chi connectivity index (χ4n) is 1.74. The Hall–Kier alpha value is -1.40. The molecule has 0 atom stereocenters. The highest BCUT2D eigenvalue weighted by molar-refractivity contribution is 9.10. The quantitative estimate of drug-likeness (QED) is 0.859. The van der Waals surface area contributed by atoms with E-state index in [1.807, 2.05) is 0 Å². The molecule has 0 aliphatic carbocycles. The van der Waals surface area contributed by atoms with Crippen LogP contribution < -0.4 is 4.31 Å². The van der Waals surface area contributed by atoms with Crippen LogP contribution in [0, 0.1) is 0 Å². The van der Waals surface area contributed by atoms with Crippen molar-refractivity contribution >= 4 is 31.6 Å². The van der Waals surface area contributed by atoms with E-state index in [2.05, 4.69) is 20.9 Å². The smallest absolute Gasteiger partial charge is 0.264 e. The van der Waals surface area contributed by atoms with Crippen LogP contribution in [-0.4, -0.2) is 19.9 Å². The zero-order valence-electron chi connectivity index (χ0n) is 10.3. The molecule has 0 bridgehead atoms. The number of halogens is 1. The zero-order valence-corrected chi connectivity index (χ0v) is 12.7. The minimum absolute atomic E-state index is 0.273. The largest absolute Gasteiger partial charge is 0.267 e. The number of hydrogen-bond acceptors (Lipinski definition) is 3. The van der Waals surface area contributed by atoms with Crippen LogP contribution in [-0.2, 0) is 10.0 Å². The van der Waals surface area contributed by atoms with Gasteiger partial charge in [0.25, 0.3) is 10.0 Å². The standard InChI is InChI=1S/C13H13BrN2O2S/c1-2-16(12-7-9-15-10-8-12)19(17,18)13-5-3-11(14)4-6-13/h3-10H,2H2,1H3. The van der Waals surface area contributed by atoms with Gasteiger partial charge in [0.2, 0.25) is 0 Å². The Bertz CT molecular complexity index is 642. The second-order valence-corrected chi connectivity index (χ2v) is 6.61. The predicted octanol–water partition coefficient (Wildman–Crippen LogP) is 3.06. The summed E-state index contributed by atoms with van der Waals surface area (Å²) in [4.78, 5) is 4.17. The maximum Gasteiger partial charge on any atom is 0.264 e.